The molecule has 4 rings (SSSR count). The first-order valence-corrected chi connectivity index (χ1v) is 11.8. The van der Waals surface area contributed by atoms with Gasteiger partial charge in [-0.05, 0) is 55.6 Å². The van der Waals surface area contributed by atoms with Crippen molar-refractivity contribution in [2.75, 3.05) is 42.3 Å². The molecule has 4 N–H and O–H groups in total. The highest BCUT2D eigenvalue weighted by molar-refractivity contribution is 7.10. The van der Waals surface area contributed by atoms with Gasteiger partial charge in [-0.25, -0.2) is 9.97 Å². The molecule has 0 unspecified atom stereocenters. The van der Waals surface area contributed by atoms with E-state index in [1.54, 1.807) is 6.20 Å². The second kappa shape index (κ2) is 10.0. The zero-order valence-electron chi connectivity index (χ0n) is 19.4. The molecular weight excluding hydrogens is 452 g/mol. The number of anilines is 4. The van der Waals surface area contributed by atoms with Crippen LogP contribution in [0.1, 0.15) is 39.4 Å². The highest BCUT2D eigenvalue weighted by Crippen LogP contribution is 2.25. The van der Waals surface area contributed by atoms with Crippen molar-refractivity contribution in [1.29, 1.82) is 0 Å². The van der Waals surface area contributed by atoms with E-state index in [1.165, 1.54) is 11.5 Å². The van der Waals surface area contributed by atoms with E-state index in [4.69, 9.17) is 5.73 Å². The third-order valence-corrected chi connectivity index (χ3v) is 6.36. The Bertz CT molecular complexity index is 1200. The van der Waals surface area contributed by atoms with E-state index in [1.807, 2.05) is 56.3 Å². The number of nitrogens with zero attached hydrogens (tertiary/aromatic N) is 5. The van der Waals surface area contributed by atoms with Gasteiger partial charge in [0.25, 0.3) is 11.8 Å². The van der Waals surface area contributed by atoms with Crippen molar-refractivity contribution in [3.05, 3.63) is 53.5 Å². The van der Waals surface area contributed by atoms with E-state index < -0.39 is 5.91 Å². The van der Waals surface area contributed by atoms with Crippen molar-refractivity contribution in [3.8, 4) is 0 Å². The molecule has 1 aliphatic rings. The molecule has 2 aromatic heterocycles. The van der Waals surface area contributed by atoms with Crippen molar-refractivity contribution in [2.45, 2.75) is 25.8 Å². The number of primary amides is 1. The van der Waals surface area contributed by atoms with E-state index in [0.717, 1.165) is 35.8 Å². The second-order valence-electron chi connectivity index (χ2n) is 8.45. The highest BCUT2D eigenvalue weighted by Gasteiger charge is 2.25. The van der Waals surface area contributed by atoms with Crippen molar-refractivity contribution in [2.24, 2.45) is 5.73 Å². The second-order valence-corrected chi connectivity index (χ2v) is 9.26. The lowest BCUT2D eigenvalue weighted by atomic mass is 10.0. The Labute approximate surface area is 202 Å². The minimum absolute atomic E-state index is 0.0394. The fraction of sp³-hybridized carbons (Fsp3) is 0.348. The summed E-state index contributed by atoms with van der Waals surface area (Å²) in [6, 6.07) is 9.36. The van der Waals surface area contributed by atoms with Gasteiger partial charge in [0.1, 0.15) is 10.8 Å². The van der Waals surface area contributed by atoms with Crippen molar-refractivity contribution < 1.29 is 9.59 Å². The standard InChI is InChI=1S/C23H28N8O2S/c1-14-10-19(34-29-14)28-22-20(21(24)32)25-12-18(27-22)31-9-5-7-16(13-31)26-23(33)15-6-4-8-17(11-15)30(2)3/h4,6,8,10-12,16H,5,7,9,13H2,1-3H3,(H2,24,32)(H,26,33)(H,27,28)/t16-/m1/s1. The van der Waals surface area contributed by atoms with Crippen LogP contribution in [-0.4, -0.2) is 59.4 Å². The first kappa shape index (κ1) is 23.4. The maximum absolute atomic E-state index is 12.9. The van der Waals surface area contributed by atoms with Crippen LogP contribution in [0.3, 0.4) is 0 Å². The fourth-order valence-electron chi connectivity index (χ4n) is 3.84. The summed E-state index contributed by atoms with van der Waals surface area (Å²) >= 11 is 1.27. The van der Waals surface area contributed by atoms with Gasteiger partial charge in [-0.2, -0.15) is 4.37 Å². The first-order chi connectivity index (χ1) is 16.3. The molecule has 1 atom stereocenters. The number of aromatic nitrogens is 3. The van der Waals surface area contributed by atoms with Crippen molar-refractivity contribution in [1.82, 2.24) is 19.7 Å². The lowest BCUT2D eigenvalue weighted by Crippen LogP contribution is -2.48. The quantitative estimate of drug-likeness (QED) is 0.470. The summed E-state index contributed by atoms with van der Waals surface area (Å²) in [7, 11) is 3.89. The highest BCUT2D eigenvalue weighted by atomic mass is 32.1. The molecule has 11 heteroatoms. The lowest BCUT2D eigenvalue weighted by Gasteiger charge is -2.34. The Morgan fingerprint density at radius 2 is 2.09 bits per heavy atom. The first-order valence-electron chi connectivity index (χ1n) is 11.0. The molecule has 3 aromatic rings. The van der Waals surface area contributed by atoms with Crippen LogP contribution in [0.15, 0.2) is 36.5 Å². The number of hydrogen-bond donors (Lipinski definition) is 3. The number of hydrogen-bond acceptors (Lipinski definition) is 9. The molecule has 0 radical (unpaired) electrons. The molecule has 34 heavy (non-hydrogen) atoms. The number of nitrogens with two attached hydrogens (primary N) is 1. The maximum atomic E-state index is 12.9. The van der Waals surface area contributed by atoms with Crippen LogP contribution in [0.25, 0.3) is 0 Å². The molecule has 0 aliphatic carbocycles. The zero-order valence-corrected chi connectivity index (χ0v) is 20.2. The summed E-state index contributed by atoms with van der Waals surface area (Å²) < 4.78 is 4.24. The molecule has 1 aromatic carbocycles. The van der Waals surface area contributed by atoms with Gasteiger partial charge in [-0.1, -0.05) is 6.07 Å². The Morgan fingerprint density at radius 3 is 2.79 bits per heavy atom. The minimum Gasteiger partial charge on any atom is -0.378 e. The van der Waals surface area contributed by atoms with Gasteiger partial charge < -0.3 is 26.2 Å². The number of carbonyl (C=O) groups excluding carboxylic acids is 2. The number of rotatable bonds is 7. The molecule has 0 spiro atoms. The van der Waals surface area contributed by atoms with Gasteiger partial charge in [-0.15, -0.1) is 0 Å². The predicted molar refractivity (Wildman–Crippen MR) is 134 cm³/mol. The van der Waals surface area contributed by atoms with E-state index in [0.29, 0.717) is 23.7 Å². The van der Waals surface area contributed by atoms with Gasteiger partial charge in [0.15, 0.2) is 11.5 Å². The van der Waals surface area contributed by atoms with Crippen LogP contribution in [-0.2, 0) is 0 Å². The van der Waals surface area contributed by atoms with Gasteiger partial charge in [0.05, 0.1) is 11.9 Å². The molecular formula is C23H28N8O2S. The van der Waals surface area contributed by atoms with Crippen molar-refractivity contribution in [3.63, 3.8) is 0 Å². The smallest absolute Gasteiger partial charge is 0.271 e. The SMILES string of the molecule is Cc1cc(Nc2nc(N3CCC[C@@H](NC(=O)c4cccc(N(C)C)c4)C3)cnc2C(N)=O)sn1. The van der Waals surface area contributed by atoms with E-state index in [9.17, 15) is 9.59 Å². The summed E-state index contributed by atoms with van der Waals surface area (Å²) in [6.45, 7) is 3.24. The molecule has 178 valence electrons. The Balaban J connectivity index is 1.49. The number of nitrogens with one attached hydrogen (secondary N) is 2. The van der Waals surface area contributed by atoms with Crippen LogP contribution in [0.2, 0.25) is 0 Å². The average molecular weight is 481 g/mol. The van der Waals surface area contributed by atoms with E-state index >= 15 is 0 Å². The summed E-state index contributed by atoms with van der Waals surface area (Å²) in [4.78, 5) is 37.7. The molecule has 0 saturated carbocycles. The van der Waals surface area contributed by atoms with E-state index in [-0.39, 0.29) is 17.6 Å². The Morgan fingerprint density at radius 1 is 1.26 bits per heavy atom. The molecule has 3 heterocycles. The topological polar surface area (TPSA) is 129 Å². The predicted octanol–water partition coefficient (Wildman–Crippen LogP) is 2.55. The number of carbonyl (C=O) groups is 2. The number of amides is 2. The summed E-state index contributed by atoms with van der Waals surface area (Å²) in [5.74, 6) is 0.141. The summed E-state index contributed by atoms with van der Waals surface area (Å²) in [5.41, 5.74) is 8.03. The Hall–Kier alpha value is -3.73. The monoisotopic (exact) mass is 480 g/mol. The maximum Gasteiger partial charge on any atom is 0.271 e. The van der Waals surface area contributed by atoms with Crippen molar-refractivity contribution >= 4 is 45.7 Å². The molecule has 1 aliphatic heterocycles. The fourth-order valence-corrected chi connectivity index (χ4v) is 4.50. The molecule has 1 saturated heterocycles. The van der Waals surface area contributed by atoms with Gasteiger partial charge in [0, 0.05) is 44.5 Å². The van der Waals surface area contributed by atoms with Gasteiger partial charge >= 0.3 is 0 Å². The summed E-state index contributed by atoms with van der Waals surface area (Å²) in [6.07, 6.45) is 3.31. The third-order valence-electron chi connectivity index (χ3n) is 5.57. The number of aryl methyl sites for hydroxylation is 1. The average Bonchev–Trinajstić information content (AvgIpc) is 3.23. The van der Waals surface area contributed by atoms with Gasteiger partial charge in [-0.3, -0.25) is 9.59 Å². The lowest BCUT2D eigenvalue weighted by molar-refractivity contribution is 0.0932. The third kappa shape index (κ3) is 5.42. The minimum atomic E-state index is -0.661. The van der Waals surface area contributed by atoms with Crippen LogP contribution in [0, 0.1) is 6.92 Å². The number of benzene rings is 1. The molecule has 10 nitrogen and oxygen atoms in total. The van der Waals surface area contributed by atoms with Crippen LogP contribution in [0.4, 0.5) is 22.3 Å². The molecule has 2 amide bonds. The van der Waals surface area contributed by atoms with Crippen LogP contribution < -0.4 is 26.2 Å². The molecule has 1 fully saturated rings. The number of piperidine rings is 1. The normalized spacial score (nSPS) is 15.6. The Kier molecular flexibility index (Phi) is 6.92. The summed E-state index contributed by atoms with van der Waals surface area (Å²) in [5, 5.41) is 7.00. The van der Waals surface area contributed by atoms with Gasteiger partial charge in [0.2, 0.25) is 0 Å². The van der Waals surface area contributed by atoms with Crippen LogP contribution in [0.5, 0.6) is 0 Å². The largest absolute Gasteiger partial charge is 0.378 e. The van der Waals surface area contributed by atoms with E-state index in [2.05, 4.69) is 29.9 Å². The van der Waals surface area contributed by atoms with Crippen LogP contribution >= 0.6 is 11.5 Å². The molecule has 0 bridgehead atoms. The zero-order chi connectivity index (χ0) is 24.2.